The third kappa shape index (κ3) is 4.78. The zero-order chi connectivity index (χ0) is 16.8. The van der Waals surface area contributed by atoms with Crippen molar-refractivity contribution < 1.29 is 4.79 Å². The number of carbonyl (C=O) groups excluding carboxylic acids is 1. The summed E-state index contributed by atoms with van der Waals surface area (Å²) in [6, 6.07) is 11.2. The molecule has 0 saturated carbocycles. The Kier molecular flexibility index (Phi) is 5.40. The number of rotatable bonds is 6. The van der Waals surface area contributed by atoms with Crippen molar-refractivity contribution in [3.63, 3.8) is 0 Å². The molecule has 0 atom stereocenters. The van der Waals surface area contributed by atoms with E-state index in [0.717, 1.165) is 22.1 Å². The van der Waals surface area contributed by atoms with Crippen molar-refractivity contribution in [3.05, 3.63) is 70.5 Å². The highest BCUT2D eigenvalue weighted by Gasteiger charge is 2.08. The summed E-state index contributed by atoms with van der Waals surface area (Å²) in [5.41, 5.74) is 2.61. The number of carbonyl (C=O) groups is 1. The minimum absolute atomic E-state index is 0.0635. The molecule has 3 aromatic rings. The highest BCUT2D eigenvalue weighted by Crippen LogP contribution is 2.23. The molecular formula is C17H15ClN4OS. The lowest BCUT2D eigenvalue weighted by Crippen LogP contribution is -2.24. The summed E-state index contributed by atoms with van der Waals surface area (Å²) < 4.78 is 0. The van der Waals surface area contributed by atoms with Crippen LogP contribution in [0.3, 0.4) is 0 Å². The summed E-state index contributed by atoms with van der Waals surface area (Å²) in [4.78, 5) is 20.4. The van der Waals surface area contributed by atoms with Crippen LogP contribution >= 0.6 is 22.9 Å². The Labute approximate surface area is 148 Å². The van der Waals surface area contributed by atoms with Crippen LogP contribution in [0.1, 0.15) is 11.3 Å². The minimum atomic E-state index is -0.0635. The topological polar surface area (TPSA) is 66.9 Å². The van der Waals surface area contributed by atoms with Gasteiger partial charge in [0.25, 0.3) is 0 Å². The number of benzene rings is 1. The number of thiazole rings is 1. The smallest absolute Gasteiger partial charge is 0.226 e. The zero-order valence-electron chi connectivity index (χ0n) is 12.7. The molecule has 0 aliphatic carbocycles. The van der Waals surface area contributed by atoms with Gasteiger partial charge in [0, 0.05) is 35.0 Å². The van der Waals surface area contributed by atoms with Gasteiger partial charge in [0.05, 0.1) is 12.1 Å². The molecule has 1 aromatic carbocycles. The van der Waals surface area contributed by atoms with Gasteiger partial charge in [-0.2, -0.15) is 0 Å². The van der Waals surface area contributed by atoms with E-state index >= 15 is 0 Å². The van der Waals surface area contributed by atoms with Crippen LogP contribution in [0.2, 0.25) is 5.02 Å². The summed E-state index contributed by atoms with van der Waals surface area (Å²) in [6.45, 7) is 0.485. The van der Waals surface area contributed by atoms with E-state index in [0.29, 0.717) is 11.6 Å². The van der Waals surface area contributed by atoms with E-state index in [9.17, 15) is 4.79 Å². The average molecular weight is 359 g/mol. The summed E-state index contributed by atoms with van der Waals surface area (Å²) in [5, 5.41) is 9.32. The maximum Gasteiger partial charge on any atom is 0.226 e. The second kappa shape index (κ2) is 7.90. The molecule has 2 aromatic heterocycles. The molecule has 122 valence electrons. The van der Waals surface area contributed by atoms with Crippen molar-refractivity contribution in [2.75, 3.05) is 5.32 Å². The van der Waals surface area contributed by atoms with Gasteiger partial charge in [0.2, 0.25) is 5.91 Å². The van der Waals surface area contributed by atoms with Crippen LogP contribution in [0.25, 0.3) is 0 Å². The Morgan fingerprint density at radius 1 is 1.21 bits per heavy atom. The fraction of sp³-hybridized carbons (Fsp3) is 0.118. The molecule has 0 aliphatic heterocycles. The maximum atomic E-state index is 12.0. The standard InChI is InChI=1S/C17H15ClN4OS/c18-13-2-1-3-14(8-13)21-17-22-15(11-24-17)9-16(23)20-10-12-4-6-19-7-5-12/h1-8,11H,9-10H2,(H,20,23)(H,21,22). The molecule has 24 heavy (non-hydrogen) atoms. The van der Waals surface area contributed by atoms with Crippen molar-refractivity contribution in [3.8, 4) is 0 Å². The number of pyridine rings is 1. The fourth-order valence-electron chi connectivity index (χ4n) is 2.06. The Hall–Kier alpha value is -2.44. The van der Waals surface area contributed by atoms with Crippen LogP contribution in [0.4, 0.5) is 10.8 Å². The molecule has 0 aliphatic rings. The maximum absolute atomic E-state index is 12.0. The van der Waals surface area contributed by atoms with Crippen LogP contribution in [-0.4, -0.2) is 15.9 Å². The second-order valence-electron chi connectivity index (χ2n) is 5.09. The first-order valence-electron chi connectivity index (χ1n) is 7.31. The molecule has 0 unspecified atom stereocenters. The van der Waals surface area contributed by atoms with Gasteiger partial charge in [-0.3, -0.25) is 9.78 Å². The molecule has 0 saturated heterocycles. The Bertz CT molecular complexity index is 822. The number of hydrogen-bond acceptors (Lipinski definition) is 5. The number of hydrogen-bond donors (Lipinski definition) is 2. The van der Waals surface area contributed by atoms with Gasteiger partial charge in [0.1, 0.15) is 0 Å². The normalized spacial score (nSPS) is 10.4. The van der Waals surface area contributed by atoms with E-state index < -0.39 is 0 Å². The van der Waals surface area contributed by atoms with Crippen LogP contribution in [0.5, 0.6) is 0 Å². The average Bonchev–Trinajstić information content (AvgIpc) is 3.01. The van der Waals surface area contributed by atoms with Crippen LogP contribution < -0.4 is 10.6 Å². The summed E-state index contributed by atoms with van der Waals surface area (Å²) in [7, 11) is 0. The Balaban J connectivity index is 1.53. The van der Waals surface area contributed by atoms with Gasteiger partial charge >= 0.3 is 0 Å². The van der Waals surface area contributed by atoms with Crippen molar-refractivity contribution >= 4 is 39.7 Å². The molecule has 5 nitrogen and oxygen atoms in total. The van der Waals surface area contributed by atoms with Crippen molar-refractivity contribution in [2.45, 2.75) is 13.0 Å². The van der Waals surface area contributed by atoms with Crippen molar-refractivity contribution in [2.24, 2.45) is 0 Å². The first kappa shape index (κ1) is 16.4. The number of nitrogens with one attached hydrogen (secondary N) is 2. The highest BCUT2D eigenvalue weighted by molar-refractivity contribution is 7.13. The number of halogens is 1. The molecule has 0 fully saturated rings. The predicted molar refractivity (Wildman–Crippen MR) is 96.6 cm³/mol. The molecule has 7 heteroatoms. The van der Waals surface area contributed by atoms with E-state index in [-0.39, 0.29) is 12.3 Å². The molecule has 2 N–H and O–H groups in total. The van der Waals surface area contributed by atoms with Gasteiger partial charge in [-0.05, 0) is 35.9 Å². The van der Waals surface area contributed by atoms with E-state index in [1.54, 1.807) is 12.4 Å². The second-order valence-corrected chi connectivity index (χ2v) is 6.38. The molecular weight excluding hydrogens is 344 g/mol. The quantitative estimate of drug-likeness (QED) is 0.703. The lowest BCUT2D eigenvalue weighted by molar-refractivity contribution is -0.120. The van der Waals surface area contributed by atoms with Gasteiger partial charge in [0.15, 0.2) is 5.13 Å². The van der Waals surface area contributed by atoms with Crippen LogP contribution in [0, 0.1) is 0 Å². The highest BCUT2D eigenvalue weighted by atomic mass is 35.5. The molecule has 1 amide bonds. The molecule has 3 rings (SSSR count). The third-order valence-electron chi connectivity index (χ3n) is 3.21. The van der Waals surface area contributed by atoms with Crippen LogP contribution in [-0.2, 0) is 17.8 Å². The van der Waals surface area contributed by atoms with Gasteiger partial charge in [-0.1, -0.05) is 17.7 Å². The first-order valence-corrected chi connectivity index (χ1v) is 8.57. The van der Waals surface area contributed by atoms with Crippen LogP contribution in [0.15, 0.2) is 54.2 Å². The Morgan fingerprint density at radius 3 is 2.83 bits per heavy atom. The lowest BCUT2D eigenvalue weighted by atomic mass is 10.2. The molecule has 0 radical (unpaired) electrons. The number of nitrogens with zero attached hydrogens (tertiary/aromatic N) is 2. The van der Waals surface area contributed by atoms with E-state index in [1.165, 1.54) is 11.3 Å². The zero-order valence-corrected chi connectivity index (χ0v) is 14.3. The molecule has 2 heterocycles. The number of aromatic nitrogens is 2. The SMILES string of the molecule is O=C(Cc1csc(Nc2cccc(Cl)c2)n1)NCc1ccncc1. The Morgan fingerprint density at radius 2 is 2.04 bits per heavy atom. The van der Waals surface area contributed by atoms with Gasteiger partial charge in [-0.25, -0.2) is 4.98 Å². The molecule has 0 spiro atoms. The van der Waals surface area contributed by atoms with Gasteiger partial charge in [-0.15, -0.1) is 11.3 Å². The monoisotopic (exact) mass is 358 g/mol. The number of anilines is 2. The largest absolute Gasteiger partial charge is 0.352 e. The summed E-state index contributed by atoms with van der Waals surface area (Å²) >= 11 is 7.41. The first-order chi connectivity index (χ1) is 11.7. The van der Waals surface area contributed by atoms with E-state index in [4.69, 9.17) is 11.6 Å². The predicted octanol–water partition coefficient (Wildman–Crippen LogP) is 3.79. The minimum Gasteiger partial charge on any atom is -0.352 e. The summed E-state index contributed by atoms with van der Waals surface area (Å²) in [5.74, 6) is -0.0635. The fourth-order valence-corrected chi connectivity index (χ4v) is 2.98. The van der Waals surface area contributed by atoms with E-state index in [2.05, 4.69) is 20.6 Å². The summed E-state index contributed by atoms with van der Waals surface area (Å²) in [6.07, 6.45) is 3.66. The van der Waals surface area contributed by atoms with Crippen molar-refractivity contribution in [1.82, 2.24) is 15.3 Å². The lowest BCUT2D eigenvalue weighted by Gasteiger charge is -2.04. The molecule has 0 bridgehead atoms. The van der Waals surface area contributed by atoms with Gasteiger partial charge < -0.3 is 10.6 Å². The van der Waals surface area contributed by atoms with Crippen molar-refractivity contribution in [1.29, 1.82) is 0 Å². The number of amides is 1. The van der Waals surface area contributed by atoms with E-state index in [1.807, 2.05) is 41.8 Å². The third-order valence-corrected chi connectivity index (χ3v) is 4.25.